The van der Waals surface area contributed by atoms with Gasteiger partial charge in [0.15, 0.2) is 5.96 Å². The van der Waals surface area contributed by atoms with Crippen LogP contribution in [0.5, 0.6) is 0 Å². The lowest BCUT2D eigenvalue weighted by Gasteiger charge is -2.11. The van der Waals surface area contributed by atoms with Crippen molar-refractivity contribution < 1.29 is 5.11 Å². The fourth-order valence-electron chi connectivity index (χ4n) is 2.13. The fraction of sp³-hybridized carbons (Fsp3) is 0.353. The zero-order valence-corrected chi connectivity index (χ0v) is 16.4. The second-order valence-electron chi connectivity index (χ2n) is 4.88. The summed E-state index contributed by atoms with van der Waals surface area (Å²) in [4.78, 5) is 5.97. The molecular weight excluding hydrogens is 421 g/mol. The molecule has 6 heteroatoms. The molecule has 0 fully saturated rings. The maximum atomic E-state index is 9.36. The summed E-state index contributed by atoms with van der Waals surface area (Å²) in [6.07, 6.45) is 0.995. The number of halogens is 1. The third-order valence-electron chi connectivity index (χ3n) is 3.28. The Bertz CT molecular complexity index is 587. The number of hydrogen-bond donors (Lipinski definition) is 3. The van der Waals surface area contributed by atoms with E-state index in [1.54, 1.807) is 11.3 Å². The van der Waals surface area contributed by atoms with Crippen molar-refractivity contribution in [3.8, 4) is 0 Å². The highest BCUT2D eigenvalue weighted by Gasteiger charge is 2.02. The standard InChI is InChI=1S/C17H23N3OS.HI/c1-2-18-17(19-10-9-16-8-5-11-22-16)20-12-14-6-3-4-7-15(14)13-21;/h3-8,11,21H,2,9-10,12-13H2,1H3,(H2,18,19,20);1H. The van der Waals surface area contributed by atoms with Crippen molar-refractivity contribution in [2.45, 2.75) is 26.5 Å². The molecule has 4 nitrogen and oxygen atoms in total. The maximum Gasteiger partial charge on any atom is 0.191 e. The number of aliphatic hydroxyl groups excluding tert-OH is 1. The Balaban J connectivity index is 0.00000264. The van der Waals surface area contributed by atoms with Crippen molar-refractivity contribution in [1.82, 2.24) is 10.6 Å². The third kappa shape index (κ3) is 6.88. The van der Waals surface area contributed by atoms with Gasteiger partial charge in [0.25, 0.3) is 0 Å². The van der Waals surface area contributed by atoms with Crippen LogP contribution in [0.2, 0.25) is 0 Å². The zero-order valence-electron chi connectivity index (χ0n) is 13.3. The van der Waals surface area contributed by atoms with E-state index in [2.05, 4.69) is 40.1 Å². The molecule has 0 aliphatic rings. The molecule has 126 valence electrons. The number of aliphatic imine (C=N–C) groups is 1. The molecule has 1 heterocycles. The van der Waals surface area contributed by atoms with Gasteiger partial charge in [-0.25, -0.2) is 4.99 Å². The van der Waals surface area contributed by atoms with Crippen molar-refractivity contribution in [3.05, 3.63) is 57.8 Å². The first-order valence-electron chi connectivity index (χ1n) is 7.55. The van der Waals surface area contributed by atoms with Crippen LogP contribution in [0.15, 0.2) is 46.8 Å². The molecular formula is C17H24IN3OS. The summed E-state index contributed by atoms with van der Waals surface area (Å²) < 4.78 is 0. The minimum absolute atomic E-state index is 0. The van der Waals surface area contributed by atoms with E-state index < -0.39 is 0 Å². The van der Waals surface area contributed by atoms with Gasteiger partial charge in [0, 0.05) is 18.0 Å². The van der Waals surface area contributed by atoms with Crippen LogP contribution < -0.4 is 10.6 Å². The summed E-state index contributed by atoms with van der Waals surface area (Å²) in [5.74, 6) is 0.812. The minimum atomic E-state index is 0. The van der Waals surface area contributed by atoms with E-state index in [4.69, 9.17) is 0 Å². The topological polar surface area (TPSA) is 56.7 Å². The first-order chi connectivity index (χ1) is 10.8. The van der Waals surface area contributed by atoms with Gasteiger partial charge in [-0.1, -0.05) is 30.3 Å². The van der Waals surface area contributed by atoms with Crippen molar-refractivity contribution >= 4 is 41.3 Å². The van der Waals surface area contributed by atoms with Crippen molar-refractivity contribution in [2.75, 3.05) is 13.1 Å². The van der Waals surface area contributed by atoms with Gasteiger partial charge in [0.2, 0.25) is 0 Å². The van der Waals surface area contributed by atoms with E-state index in [0.29, 0.717) is 6.54 Å². The Morgan fingerprint density at radius 3 is 2.57 bits per heavy atom. The highest BCUT2D eigenvalue weighted by Crippen LogP contribution is 2.10. The number of guanidine groups is 1. The normalized spacial score (nSPS) is 11.0. The predicted molar refractivity (Wildman–Crippen MR) is 109 cm³/mol. The molecule has 0 saturated carbocycles. The van der Waals surface area contributed by atoms with Crippen LogP contribution in [0.25, 0.3) is 0 Å². The first-order valence-corrected chi connectivity index (χ1v) is 8.43. The molecule has 2 rings (SSSR count). The SMILES string of the molecule is CCNC(=NCc1ccccc1CO)NCCc1cccs1.I. The molecule has 0 saturated heterocycles. The van der Waals surface area contributed by atoms with Crippen LogP contribution in [0.3, 0.4) is 0 Å². The van der Waals surface area contributed by atoms with E-state index in [0.717, 1.165) is 36.6 Å². The second-order valence-corrected chi connectivity index (χ2v) is 5.91. The Hall–Kier alpha value is -1.12. The van der Waals surface area contributed by atoms with E-state index in [-0.39, 0.29) is 30.6 Å². The Morgan fingerprint density at radius 2 is 1.91 bits per heavy atom. The Kier molecular flexibility index (Phi) is 9.89. The minimum Gasteiger partial charge on any atom is -0.392 e. The largest absolute Gasteiger partial charge is 0.392 e. The fourth-order valence-corrected chi connectivity index (χ4v) is 2.84. The van der Waals surface area contributed by atoms with Gasteiger partial charge < -0.3 is 15.7 Å². The highest BCUT2D eigenvalue weighted by atomic mass is 127. The number of aliphatic hydroxyl groups is 1. The third-order valence-corrected chi connectivity index (χ3v) is 4.22. The molecule has 0 aliphatic heterocycles. The summed E-state index contributed by atoms with van der Waals surface area (Å²) in [5, 5.41) is 18.1. The van der Waals surface area contributed by atoms with Gasteiger partial charge in [-0.15, -0.1) is 35.3 Å². The highest BCUT2D eigenvalue weighted by molar-refractivity contribution is 14.0. The van der Waals surface area contributed by atoms with Gasteiger partial charge >= 0.3 is 0 Å². The second kappa shape index (κ2) is 11.4. The van der Waals surface area contributed by atoms with E-state index >= 15 is 0 Å². The molecule has 1 aromatic heterocycles. The molecule has 3 N–H and O–H groups in total. The van der Waals surface area contributed by atoms with Crippen LogP contribution in [0.1, 0.15) is 22.9 Å². The van der Waals surface area contributed by atoms with Crippen molar-refractivity contribution in [3.63, 3.8) is 0 Å². The molecule has 0 aliphatic carbocycles. The summed E-state index contributed by atoms with van der Waals surface area (Å²) in [6, 6.07) is 12.1. The Labute approximate surface area is 159 Å². The lowest BCUT2D eigenvalue weighted by Crippen LogP contribution is -2.38. The van der Waals surface area contributed by atoms with E-state index in [1.807, 2.05) is 24.3 Å². The quantitative estimate of drug-likeness (QED) is 0.349. The number of hydrogen-bond acceptors (Lipinski definition) is 3. The maximum absolute atomic E-state index is 9.36. The zero-order chi connectivity index (χ0) is 15.6. The molecule has 0 bridgehead atoms. The van der Waals surface area contributed by atoms with Crippen molar-refractivity contribution in [1.29, 1.82) is 0 Å². The van der Waals surface area contributed by atoms with Crippen LogP contribution in [0.4, 0.5) is 0 Å². The van der Waals surface area contributed by atoms with Gasteiger partial charge in [-0.3, -0.25) is 0 Å². The van der Waals surface area contributed by atoms with E-state index in [9.17, 15) is 5.11 Å². The van der Waals surface area contributed by atoms with Crippen LogP contribution >= 0.6 is 35.3 Å². The van der Waals surface area contributed by atoms with E-state index in [1.165, 1.54) is 4.88 Å². The van der Waals surface area contributed by atoms with Gasteiger partial charge in [-0.05, 0) is 35.9 Å². The smallest absolute Gasteiger partial charge is 0.191 e. The van der Waals surface area contributed by atoms with Crippen molar-refractivity contribution in [2.24, 2.45) is 4.99 Å². The number of nitrogens with one attached hydrogen (secondary N) is 2. The molecule has 0 unspecified atom stereocenters. The lowest BCUT2D eigenvalue weighted by molar-refractivity contribution is 0.280. The summed E-state index contributed by atoms with van der Waals surface area (Å²) in [7, 11) is 0. The Morgan fingerprint density at radius 1 is 1.13 bits per heavy atom. The van der Waals surface area contributed by atoms with Crippen LogP contribution in [-0.4, -0.2) is 24.2 Å². The summed E-state index contributed by atoms with van der Waals surface area (Å²) in [5.41, 5.74) is 1.99. The number of nitrogens with zero attached hydrogens (tertiary/aromatic N) is 1. The molecule has 1 aromatic carbocycles. The number of thiophene rings is 1. The molecule has 23 heavy (non-hydrogen) atoms. The first kappa shape index (κ1) is 19.9. The summed E-state index contributed by atoms with van der Waals surface area (Å²) >= 11 is 1.78. The number of rotatable bonds is 7. The van der Waals surface area contributed by atoms with Crippen LogP contribution in [0, 0.1) is 0 Å². The van der Waals surface area contributed by atoms with Gasteiger partial charge in [0.05, 0.1) is 13.2 Å². The average molecular weight is 445 g/mol. The lowest BCUT2D eigenvalue weighted by atomic mass is 10.1. The molecule has 0 radical (unpaired) electrons. The molecule has 2 aromatic rings. The molecule has 0 atom stereocenters. The number of benzene rings is 1. The average Bonchev–Trinajstić information content (AvgIpc) is 3.06. The molecule has 0 amide bonds. The summed E-state index contributed by atoms with van der Waals surface area (Å²) in [6.45, 7) is 4.34. The van der Waals surface area contributed by atoms with Gasteiger partial charge in [0.1, 0.15) is 0 Å². The monoisotopic (exact) mass is 445 g/mol. The predicted octanol–water partition coefficient (Wildman–Crippen LogP) is 3.16. The molecule has 0 spiro atoms. The van der Waals surface area contributed by atoms with Crippen LogP contribution in [-0.2, 0) is 19.6 Å². The van der Waals surface area contributed by atoms with Gasteiger partial charge in [-0.2, -0.15) is 0 Å².